The number of halogens is 2. The van der Waals surface area contributed by atoms with E-state index in [1.54, 1.807) is 0 Å². The molecule has 0 aliphatic heterocycles. The Morgan fingerprint density at radius 2 is 1.82 bits per heavy atom. The van der Waals surface area contributed by atoms with Crippen LogP contribution in [0.1, 0.15) is 43.4 Å². The first-order valence-electron chi connectivity index (χ1n) is 10.9. The monoisotopic (exact) mass is 526 g/mol. The first-order chi connectivity index (χ1) is 16.5. The lowest BCUT2D eigenvalue weighted by Crippen LogP contribution is -2.39. The number of ketones is 1. The van der Waals surface area contributed by atoms with Gasteiger partial charge in [-0.15, -0.1) is 0 Å². The quantitative estimate of drug-likeness (QED) is 0.355. The maximum Gasteiger partial charge on any atom is 0.446 e. The van der Waals surface area contributed by atoms with Crippen molar-refractivity contribution in [3.63, 3.8) is 0 Å². The Morgan fingerprint density at radius 3 is 2.56 bits per heavy atom. The molecule has 2 aromatic carbocycles. The number of rotatable bonds is 6. The SMILES string of the molecule is O=C(Cc1nonc1-c1noc(=O)n1-c1ccc(F)c(Br)c1)C1(c2ccccc2)CCCCC1. The molecular weight excluding hydrogens is 507 g/mol. The van der Waals surface area contributed by atoms with Crippen LogP contribution in [-0.4, -0.2) is 25.8 Å². The zero-order chi connectivity index (χ0) is 23.7. The van der Waals surface area contributed by atoms with Crippen LogP contribution in [0.15, 0.2) is 67.0 Å². The summed E-state index contributed by atoms with van der Waals surface area (Å²) in [5, 5.41) is 11.7. The number of hydrogen-bond acceptors (Lipinski definition) is 7. The van der Waals surface area contributed by atoms with Gasteiger partial charge in [-0.25, -0.2) is 18.4 Å². The van der Waals surface area contributed by atoms with Crippen molar-refractivity contribution in [3.05, 3.63) is 80.6 Å². The van der Waals surface area contributed by atoms with Crippen LogP contribution in [0, 0.1) is 5.82 Å². The first kappa shape index (κ1) is 22.4. The normalized spacial score (nSPS) is 15.4. The minimum atomic E-state index is -0.790. The summed E-state index contributed by atoms with van der Waals surface area (Å²) >= 11 is 3.12. The average Bonchev–Trinajstić information content (AvgIpc) is 3.47. The minimum Gasteiger partial charge on any atom is -0.298 e. The van der Waals surface area contributed by atoms with Crippen LogP contribution in [0.3, 0.4) is 0 Å². The molecule has 4 aromatic rings. The molecule has 0 atom stereocenters. The van der Waals surface area contributed by atoms with Crippen molar-refractivity contribution in [2.24, 2.45) is 0 Å². The van der Waals surface area contributed by atoms with Gasteiger partial charge in [-0.1, -0.05) is 59.9 Å². The fourth-order valence-corrected chi connectivity index (χ4v) is 5.07. The van der Waals surface area contributed by atoms with E-state index >= 15 is 0 Å². The van der Waals surface area contributed by atoms with Gasteiger partial charge in [0.2, 0.25) is 5.82 Å². The Bertz CT molecular complexity index is 1390. The fraction of sp³-hybridized carbons (Fsp3) is 0.292. The van der Waals surface area contributed by atoms with Gasteiger partial charge in [-0.05, 0) is 57.7 Å². The maximum absolute atomic E-state index is 13.7. The number of hydrogen-bond donors (Lipinski definition) is 0. The average molecular weight is 527 g/mol. The van der Waals surface area contributed by atoms with Crippen LogP contribution in [0.2, 0.25) is 0 Å². The molecule has 0 N–H and O–H groups in total. The summed E-state index contributed by atoms with van der Waals surface area (Å²) in [5.41, 5.74) is 1.07. The van der Waals surface area contributed by atoms with Crippen molar-refractivity contribution >= 4 is 21.7 Å². The highest BCUT2D eigenvalue weighted by Gasteiger charge is 2.41. The van der Waals surface area contributed by atoms with E-state index in [9.17, 15) is 14.0 Å². The lowest BCUT2D eigenvalue weighted by molar-refractivity contribution is -0.125. The number of benzene rings is 2. The fourth-order valence-electron chi connectivity index (χ4n) is 4.71. The summed E-state index contributed by atoms with van der Waals surface area (Å²) in [6.07, 6.45) is 4.50. The van der Waals surface area contributed by atoms with Crippen molar-refractivity contribution in [2.45, 2.75) is 43.9 Å². The van der Waals surface area contributed by atoms with Gasteiger partial charge in [0.15, 0.2) is 5.69 Å². The van der Waals surface area contributed by atoms with Gasteiger partial charge >= 0.3 is 5.76 Å². The third kappa shape index (κ3) is 3.91. The molecule has 0 unspecified atom stereocenters. The molecule has 5 rings (SSSR count). The molecule has 1 fully saturated rings. The zero-order valence-electron chi connectivity index (χ0n) is 18.0. The van der Waals surface area contributed by atoms with Crippen LogP contribution >= 0.6 is 15.9 Å². The molecule has 1 aliphatic carbocycles. The molecule has 1 aliphatic rings. The van der Waals surface area contributed by atoms with Crippen LogP contribution in [-0.2, 0) is 16.6 Å². The highest BCUT2D eigenvalue weighted by molar-refractivity contribution is 9.10. The standard InChI is InChI=1S/C24H20BrFN4O4/c25-17-13-16(9-10-18(17)26)30-22(29-33-23(30)32)21-19(27-34-28-21)14-20(31)24(11-5-2-6-12-24)15-7-3-1-4-8-15/h1,3-4,7-10,13H,2,5-6,11-12,14H2. The zero-order valence-corrected chi connectivity index (χ0v) is 19.6. The largest absolute Gasteiger partial charge is 0.446 e. The highest BCUT2D eigenvalue weighted by atomic mass is 79.9. The third-order valence-electron chi connectivity index (χ3n) is 6.43. The third-order valence-corrected chi connectivity index (χ3v) is 7.04. The Hall–Kier alpha value is -3.40. The maximum atomic E-state index is 13.7. The molecular formula is C24H20BrFN4O4. The smallest absolute Gasteiger partial charge is 0.298 e. The topological polar surface area (TPSA) is 104 Å². The van der Waals surface area contributed by atoms with Gasteiger partial charge in [-0.3, -0.25) is 9.32 Å². The van der Waals surface area contributed by atoms with E-state index in [0.29, 0.717) is 5.69 Å². The summed E-state index contributed by atoms with van der Waals surface area (Å²) in [7, 11) is 0. The van der Waals surface area contributed by atoms with E-state index in [-0.39, 0.29) is 33.9 Å². The second-order valence-corrected chi connectivity index (χ2v) is 9.23. The second kappa shape index (κ2) is 9.09. The van der Waals surface area contributed by atoms with Gasteiger partial charge in [0, 0.05) is 0 Å². The van der Waals surface area contributed by atoms with Crippen molar-refractivity contribution < 1.29 is 18.3 Å². The highest BCUT2D eigenvalue weighted by Crippen LogP contribution is 2.41. The van der Waals surface area contributed by atoms with Crippen molar-refractivity contribution in [1.29, 1.82) is 0 Å². The molecule has 0 spiro atoms. The molecule has 10 heteroatoms. The van der Waals surface area contributed by atoms with Gasteiger partial charge in [-0.2, -0.15) is 0 Å². The van der Waals surface area contributed by atoms with Crippen LogP contribution in [0.25, 0.3) is 17.2 Å². The molecule has 2 heterocycles. The van der Waals surface area contributed by atoms with E-state index < -0.39 is 17.0 Å². The van der Waals surface area contributed by atoms with Crippen LogP contribution in [0.5, 0.6) is 0 Å². The van der Waals surface area contributed by atoms with E-state index in [1.807, 2.05) is 30.3 Å². The molecule has 174 valence electrons. The predicted molar refractivity (Wildman–Crippen MR) is 123 cm³/mol. The molecule has 0 bridgehead atoms. The van der Waals surface area contributed by atoms with E-state index in [1.165, 1.54) is 18.2 Å². The summed E-state index contributed by atoms with van der Waals surface area (Å²) in [6.45, 7) is 0. The van der Waals surface area contributed by atoms with Gasteiger partial charge in [0.1, 0.15) is 17.3 Å². The Morgan fingerprint density at radius 1 is 1.06 bits per heavy atom. The predicted octanol–water partition coefficient (Wildman–Crippen LogP) is 4.79. The summed E-state index contributed by atoms with van der Waals surface area (Å²) in [5.74, 6) is -1.24. The summed E-state index contributed by atoms with van der Waals surface area (Å²) in [6, 6.07) is 13.8. The number of aromatic nitrogens is 4. The molecule has 8 nitrogen and oxygen atoms in total. The first-order valence-corrected chi connectivity index (χ1v) is 11.7. The molecule has 0 radical (unpaired) electrons. The Kier molecular flexibility index (Phi) is 5.99. The molecule has 0 amide bonds. The van der Waals surface area contributed by atoms with E-state index in [2.05, 4.69) is 31.4 Å². The summed E-state index contributed by atoms with van der Waals surface area (Å²) in [4.78, 5) is 26.2. The van der Waals surface area contributed by atoms with Crippen molar-refractivity contribution in [2.75, 3.05) is 0 Å². The molecule has 34 heavy (non-hydrogen) atoms. The van der Waals surface area contributed by atoms with Crippen molar-refractivity contribution in [1.82, 2.24) is 20.0 Å². The van der Waals surface area contributed by atoms with Gasteiger partial charge in [0.05, 0.1) is 22.0 Å². The van der Waals surface area contributed by atoms with Crippen LogP contribution < -0.4 is 5.76 Å². The Balaban J connectivity index is 1.52. The van der Waals surface area contributed by atoms with Gasteiger partial charge < -0.3 is 0 Å². The minimum absolute atomic E-state index is 0.0114. The number of Topliss-reactive ketones (excluding diaryl/α,β-unsaturated/α-hetero) is 1. The van der Waals surface area contributed by atoms with E-state index in [4.69, 9.17) is 9.15 Å². The lowest BCUT2D eigenvalue weighted by atomic mass is 9.66. The number of nitrogens with zero attached hydrogens (tertiary/aromatic N) is 4. The number of carbonyl (C=O) groups is 1. The summed E-state index contributed by atoms with van der Waals surface area (Å²) < 4.78 is 24.8. The number of carbonyl (C=O) groups excluding carboxylic acids is 1. The van der Waals surface area contributed by atoms with Crippen molar-refractivity contribution in [3.8, 4) is 17.2 Å². The molecule has 1 saturated carbocycles. The van der Waals surface area contributed by atoms with Gasteiger partial charge in [0.25, 0.3) is 0 Å². The van der Waals surface area contributed by atoms with Crippen LogP contribution in [0.4, 0.5) is 4.39 Å². The molecule has 0 saturated heterocycles. The molecule has 2 aromatic heterocycles. The Labute approximate surface area is 201 Å². The van der Waals surface area contributed by atoms with E-state index in [0.717, 1.165) is 42.2 Å². The second-order valence-electron chi connectivity index (χ2n) is 8.37. The lowest BCUT2D eigenvalue weighted by Gasteiger charge is -2.36.